The van der Waals surface area contributed by atoms with Crippen LogP contribution >= 0.6 is 0 Å². The van der Waals surface area contributed by atoms with Crippen molar-refractivity contribution in [2.75, 3.05) is 13.2 Å². The first-order valence-electron chi connectivity index (χ1n) is 5.10. The molecule has 1 amide bonds. The van der Waals surface area contributed by atoms with Crippen molar-refractivity contribution in [3.05, 3.63) is 24.0 Å². The van der Waals surface area contributed by atoms with Gasteiger partial charge in [0.15, 0.2) is 12.7 Å². The molecular weight excluding hydrogens is 226 g/mol. The minimum atomic E-state index is -0.899. The molecule has 7 heteroatoms. The number of rotatable bonds is 6. The Morgan fingerprint density at radius 2 is 2.24 bits per heavy atom. The molecule has 0 unspecified atom stereocenters. The topological polar surface area (TPSA) is 103 Å². The van der Waals surface area contributed by atoms with Crippen LogP contribution in [0.2, 0.25) is 0 Å². The second kappa shape index (κ2) is 6.54. The van der Waals surface area contributed by atoms with E-state index in [1.54, 1.807) is 6.07 Å². The van der Waals surface area contributed by atoms with Crippen molar-refractivity contribution in [1.29, 1.82) is 0 Å². The Kier molecular flexibility index (Phi) is 5.02. The Labute approximate surface area is 97.7 Å². The van der Waals surface area contributed by atoms with Crippen LogP contribution in [0.15, 0.2) is 18.5 Å². The van der Waals surface area contributed by atoms with Gasteiger partial charge in [0.25, 0.3) is 5.91 Å². The lowest BCUT2D eigenvalue weighted by molar-refractivity contribution is -0.753. The van der Waals surface area contributed by atoms with Gasteiger partial charge < -0.3 is 15.5 Å². The third kappa shape index (κ3) is 4.56. The van der Waals surface area contributed by atoms with E-state index in [4.69, 9.17) is 10.2 Å². The minimum absolute atomic E-state index is 0.0201. The third-order valence-corrected chi connectivity index (χ3v) is 1.99. The quantitative estimate of drug-likeness (QED) is 0.529. The summed E-state index contributed by atoms with van der Waals surface area (Å²) >= 11 is 0. The lowest BCUT2D eigenvalue weighted by Gasteiger charge is -2.01. The molecule has 1 rings (SSSR count). The summed E-state index contributed by atoms with van der Waals surface area (Å²) in [5.74, 6) is -1.22. The van der Waals surface area contributed by atoms with Gasteiger partial charge in [0.2, 0.25) is 0 Å². The highest BCUT2D eigenvalue weighted by Crippen LogP contribution is 1.92. The van der Waals surface area contributed by atoms with Crippen molar-refractivity contribution < 1.29 is 24.5 Å². The van der Waals surface area contributed by atoms with Gasteiger partial charge in [-0.1, -0.05) is 4.68 Å². The monoisotopic (exact) mass is 240 g/mol. The van der Waals surface area contributed by atoms with Crippen LogP contribution in [0.1, 0.15) is 16.8 Å². The number of aromatic nitrogens is 2. The van der Waals surface area contributed by atoms with Crippen LogP contribution in [-0.2, 0) is 11.3 Å². The van der Waals surface area contributed by atoms with Crippen LogP contribution in [0.5, 0.6) is 0 Å². The number of carbonyl (C=O) groups is 2. The van der Waals surface area contributed by atoms with Crippen molar-refractivity contribution in [2.24, 2.45) is 0 Å². The molecule has 7 nitrogen and oxygen atoms in total. The first-order chi connectivity index (χ1) is 8.13. The fourth-order valence-corrected chi connectivity index (χ4v) is 1.13. The summed E-state index contributed by atoms with van der Waals surface area (Å²) in [6.45, 7) is 0.325. The maximum atomic E-state index is 11.4. The summed E-state index contributed by atoms with van der Waals surface area (Å²) in [6, 6.07) is 1.54. The maximum absolute atomic E-state index is 11.4. The Hall–Kier alpha value is -2.02. The normalized spacial score (nSPS) is 9.94. The zero-order valence-electron chi connectivity index (χ0n) is 9.17. The molecule has 1 aromatic heterocycles. The van der Waals surface area contributed by atoms with Gasteiger partial charge in [-0.25, -0.2) is 0 Å². The highest BCUT2D eigenvalue weighted by molar-refractivity contribution is 5.93. The number of amides is 1. The first kappa shape index (κ1) is 13.0. The number of hydrogen-bond acceptors (Lipinski definition) is 4. The van der Waals surface area contributed by atoms with Gasteiger partial charge >= 0.3 is 5.97 Å². The Morgan fingerprint density at radius 3 is 2.76 bits per heavy atom. The molecule has 3 N–H and O–H groups in total. The number of aliphatic carboxylic acids is 1. The number of carbonyl (C=O) groups excluding carboxylic acids is 1. The van der Waals surface area contributed by atoms with Gasteiger partial charge in [0.1, 0.15) is 12.6 Å². The largest absolute Gasteiger partial charge is 0.481 e. The summed E-state index contributed by atoms with van der Waals surface area (Å²) in [7, 11) is 0. The summed E-state index contributed by atoms with van der Waals surface area (Å²) in [6.07, 6.45) is 2.87. The summed E-state index contributed by atoms with van der Waals surface area (Å²) in [5, 5.41) is 23.4. The molecular formula is C10H14N3O4+. The van der Waals surface area contributed by atoms with Crippen molar-refractivity contribution in [3.63, 3.8) is 0 Å². The molecule has 0 fully saturated rings. The molecule has 0 spiro atoms. The molecule has 0 radical (unpaired) electrons. The van der Waals surface area contributed by atoms with E-state index in [-0.39, 0.29) is 32.0 Å². The van der Waals surface area contributed by atoms with E-state index < -0.39 is 5.97 Å². The SMILES string of the molecule is O=C(O)CC[n+]1ccc(C(=O)NCCO)cn1. The summed E-state index contributed by atoms with van der Waals surface area (Å²) in [5.41, 5.74) is 0.366. The summed E-state index contributed by atoms with van der Waals surface area (Å²) < 4.78 is 1.44. The highest BCUT2D eigenvalue weighted by atomic mass is 16.4. The van der Waals surface area contributed by atoms with Crippen LogP contribution in [0.3, 0.4) is 0 Å². The highest BCUT2D eigenvalue weighted by Gasteiger charge is 2.10. The average molecular weight is 240 g/mol. The zero-order chi connectivity index (χ0) is 12.7. The number of aliphatic hydroxyl groups is 1. The number of aryl methyl sites for hydroxylation is 1. The van der Waals surface area contributed by atoms with Gasteiger partial charge in [0, 0.05) is 12.6 Å². The maximum Gasteiger partial charge on any atom is 0.309 e. The van der Waals surface area contributed by atoms with E-state index in [0.29, 0.717) is 5.56 Å². The Bertz CT molecular complexity index is 391. The van der Waals surface area contributed by atoms with Gasteiger partial charge in [-0.2, -0.15) is 0 Å². The van der Waals surface area contributed by atoms with E-state index in [1.807, 2.05) is 0 Å². The Morgan fingerprint density at radius 1 is 1.47 bits per heavy atom. The molecule has 0 bridgehead atoms. The molecule has 0 saturated carbocycles. The average Bonchev–Trinajstić information content (AvgIpc) is 2.34. The van der Waals surface area contributed by atoms with Crippen LogP contribution in [0.25, 0.3) is 0 Å². The molecule has 17 heavy (non-hydrogen) atoms. The lowest BCUT2D eigenvalue weighted by atomic mass is 10.3. The van der Waals surface area contributed by atoms with Gasteiger partial charge in [-0.3, -0.25) is 9.59 Å². The lowest BCUT2D eigenvalue weighted by Crippen LogP contribution is -2.39. The fourth-order valence-electron chi connectivity index (χ4n) is 1.13. The molecule has 0 atom stereocenters. The van der Waals surface area contributed by atoms with E-state index >= 15 is 0 Å². The first-order valence-corrected chi connectivity index (χ1v) is 5.10. The van der Waals surface area contributed by atoms with Gasteiger partial charge in [0.05, 0.1) is 12.2 Å². The second-order valence-corrected chi connectivity index (χ2v) is 3.30. The number of hydrogen-bond donors (Lipinski definition) is 3. The van der Waals surface area contributed by atoms with Crippen LogP contribution in [0, 0.1) is 0 Å². The van der Waals surface area contributed by atoms with Crippen LogP contribution < -0.4 is 10.00 Å². The van der Waals surface area contributed by atoms with E-state index in [9.17, 15) is 9.59 Å². The fraction of sp³-hybridized carbons (Fsp3) is 0.400. The van der Waals surface area contributed by atoms with E-state index in [2.05, 4.69) is 10.4 Å². The zero-order valence-corrected chi connectivity index (χ0v) is 9.17. The molecule has 0 aliphatic rings. The number of nitrogens with one attached hydrogen (secondary N) is 1. The van der Waals surface area contributed by atoms with Crippen molar-refractivity contribution in [3.8, 4) is 0 Å². The smallest absolute Gasteiger partial charge is 0.309 e. The predicted octanol–water partition coefficient (Wildman–Crippen LogP) is -1.43. The molecule has 0 saturated heterocycles. The minimum Gasteiger partial charge on any atom is -0.481 e. The number of carboxylic acid groups (broad SMARTS) is 1. The molecule has 0 aliphatic heterocycles. The summed E-state index contributed by atoms with van der Waals surface area (Å²) in [4.78, 5) is 21.8. The van der Waals surface area contributed by atoms with Crippen LogP contribution in [-0.4, -0.2) is 40.3 Å². The molecule has 1 heterocycles. The van der Waals surface area contributed by atoms with E-state index in [1.165, 1.54) is 17.1 Å². The van der Waals surface area contributed by atoms with Gasteiger partial charge in [-0.05, 0) is 5.10 Å². The predicted molar refractivity (Wildman–Crippen MR) is 56.1 cm³/mol. The number of nitrogens with zero attached hydrogens (tertiary/aromatic N) is 2. The Balaban J connectivity index is 2.55. The standard InChI is InChI=1S/C10H13N3O4/c14-6-3-11-10(17)8-1-4-13(12-7-8)5-2-9(15)16/h1,4,7,14H,2-3,5-6H2,(H-,11,15,16,17)/p+1. The van der Waals surface area contributed by atoms with Crippen molar-refractivity contribution in [2.45, 2.75) is 13.0 Å². The second-order valence-electron chi connectivity index (χ2n) is 3.30. The number of carboxylic acids is 1. The molecule has 92 valence electrons. The van der Waals surface area contributed by atoms with Crippen molar-refractivity contribution in [1.82, 2.24) is 10.4 Å². The molecule has 0 aromatic carbocycles. The molecule has 1 aromatic rings. The van der Waals surface area contributed by atoms with E-state index in [0.717, 1.165) is 0 Å². The third-order valence-electron chi connectivity index (χ3n) is 1.99. The van der Waals surface area contributed by atoms with Crippen LogP contribution in [0.4, 0.5) is 0 Å². The van der Waals surface area contributed by atoms with Crippen molar-refractivity contribution >= 4 is 11.9 Å². The number of aliphatic hydroxyl groups excluding tert-OH is 1. The van der Waals surface area contributed by atoms with Gasteiger partial charge in [-0.15, -0.1) is 0 Å². The molecule has 0 aliphatic carbocycles.